The monoisotopic (exact) mass is 347 g/mol. The number of aromatic amines is 1. The van der Waals surface area contributed by atoms with Crippen molar-refractivity contribution < 1.29 is 14.3 Å². The van der Waals surface area contributed by atoms with E-state index in [1.807, 2.05) is 39.0 Å². The van der Waals surface area contributed by atoms with E-state index in [9.17, 15) is 4.79 Å². The number of nitrogens with one attached hydrogen (secondary N) is 2. The average Bonchev–Trinajstić information content (AvgIpc) is 2.87. The number of amides is 1. The molecule has 2 N–H and O–H groups in total. The number of aromatic nitrogens is 2. The normalized spacial score (nSPS) is 20.1. The van der Waals surface area contributed by atoms with Crippen molar-refractivity contribution in [3.05, 3.63) is 35.0 Å². The van der Waals surface area contributed by atoms with E-state index >= 15 is 0 Å². The quantitative estimate of drug-likeness (QED) is 0.887. The van der Waals surface area contributed by atoms with Crippen LogP contribution in [0.4, 0.5) is 5.82 Å². The second-order valence-electron chi connectivity index (χ2n) is 5.57. The van der Waals surface area contributed by atoms with Crippen molar-refractivity contribution in [2.24, 2.45) is 0 Å². The highest BCUT2D eigenvalue weighted by molar-refractivity contribution is 8.01. The Morgan fingerprint density at radius 2 is 2.17 bits per heavy atom. The number of aryl methyl sites for hydroxylation is 1. The van der Waals surface area contributed by atoms with E-state index in [-0.39, 0.29) is 16.4 Å². The number of rotatable bonds is 4. The lowest BCUT2D eigenvalue weighted by Crippen LogP contribution is -2.21. The molecule has 2 unspecified atom stereocenters. The molecule has 128 valence electrons. The number of nitrogens with zero attached hydrogens (tertiary/aromatic N) is 1. The molecule has 0 saturated carbocycles. The summed E-state index contributed by atoms with van der Waals surface area (Å²) in [6, 6.07) is 5.84. The lowest BCUT2D eigenvalue weighted by molar-refractivity contribution is -0.115. The Morgan fingerprint density at radius 3 is 2.88 bits per heavy atom. The molecule has 1 aromatic heterocycles. The first-order chi connectivity index (χ1) is 11.6. The van der Waals surface area contributed by atoms with Crippen LogP contribution in [0.3, 0.4) is 0 Å². The molecule has 2 atom stereocenters. The van der Waals surface area contributed by atoms with Crippen LogP contribution >= 0.6 is 11.8 Å². The third-order valence-corrected chi connectivity index (χ3v) is 5.39. The van der Waals surface area contributed by atoms with Crippen LogP contribution in [0.25, 0.3) is 0 Å². The third kappa shape index (κ3) is 2.84. The highest BCUT2D eigenvalue weighted by atomic mass is 32.2. The van der Waals surface area contributed by atoms with Gasteiger partial charge in [0.05, 0.1) is 24.2 Å². The Hall–Kier alpha value is -2.15. The fourth-order valence-electron chi connectivity index (χ4n) is 2.83. The second-order valence-corrected chi connectivity index (χ2v) is 7.02. The lowest BCUT2D eigenvalue weighted by atomic mass is 10.0. The summed E-state index contributed by atoms with van der Waals surface area (Å²) < 4.78 is 11.3. The molecule has 3 rings (SSSR count). The van der Waals surface area contributed by atoms with Crippen LogP contribution in [-0.2, 0) is 4.79 Å². The fraction of sp³-hybridized carbons (Fsp3) is 0.412. The van der Waals surface area contributed by atoms with Crippen LogP contribution in [-0.4, -0.2) is 35.1 Å². The van der Waals surface area contributed by atoms with Crippen molar-refractivity contribution in [2.75, 3.05) is 19.0 Å². The van der Waals surface area contributed by atoms with Crippen molar-refractivity contribution in [2.45, 2.75) is 31.3 Å². The van der Waals surface area contributed by atoms with Gasteiger partial charge in [0, 0.05) is 16.8 Å². The molecular weight excluding hydrogens is 326 g/mol. The number of hydrogen-bond donors (Lipinski definition) is 2. The number of hydrogen-bond acceptors (Lipinski definition) is 5. The van der Waals surface area contributed by atoms with Gasteiger partial charge in [-0.2, -0.15) is 5.10 Å². The van der Waals surface area contributed by atoms with Crippen molar-refractivity contribution >= 4 is 23.5 Å². The van der Waals surface area contributed by atoms with Crippen LogP contribution < -0.4 is 14.8 Å². The van der Waals surface area contributed by atoms with E-state index in [1.165, 1.54) is 0 Å². The standard InChI is InChI=1S/C17H21N3O3S/c1-5-23-14-11(7-6-8-12(14)22-4)15-13-9(2)19-20-16(13)18-17(21)10(3)24-15/h6-8,10,15H,5H2,1-4H3,(H2,18,19,20,21). The lowest BCUT2D eigenvalue weighted by Gasteiger charge is -2.22. The van der Waals surface area contributed by atoms with E-state index in [0.717, 1.165) is 16.8 Å². The molecule has 0 radical (unpaired) electrons. The van der Waals surface area contributed by atoms with Crippen molar-refractivity contribution in [1.82, 2.24) is 10.2 Å². The second kappa shape index (κ2) is 6.76. The largest absolute Gasteiger partial charge is 0.493 e. The average molecular weight is 347 g/mol. The predicted molar refractivity (Wildman–Crippen MR) is 95.0 cm³/mol. The van der Waals surface area contributed by atoms with E-state index in [1.54, 1.807) is 18.9 Å². The number of carbonyl (C=O) groups is 1. The first kappa shape index (κ1) is 16.7. The Balaban J connectivity index is 2.17. The van der Waals surface area contributed by atoms with Crippen LogP contribution in [0, 0.1) is 6.92 Å². The number of fused-ring (bicyclic) bond motifs is 1. The molecule has 0 bridgehead atoms. The van der Waals surface area contributed by atoms with Crippen LogP contribution in [0.1, 0.15) is 35.9 Å². The minimum atomic E-state index is -0.204. The number of thioether (sulfide) groups is 1. The summed E-state index contributed by atoms with van der Waals surface area (Å²) in [5, 5.41) is 9.84. The Bertz CT molecular complexity index is 760. The number of methoxy groups -OCH3 is 1. The molecule has 1 aliphatic heterocycles. The van der Waals surface area contributed by atoms with E-state index < -0.39 is 0 Å². The van der Waals surface area contributed by atoms with Gasteiger partial charge in [-0.05, 0) is 26.8 Å². The first-order valence-electron chi connectivity index (χ1n) is 7.87. The highest BCUT2D eigenvalue weighted by Crippen LogP contribution is 2.49. The summed E-state index contributed by atoms with van der Waals surface area (Å²) in [6.45, 7) is 6.34. The maximum Gasteiger partial charge on any atom is 0.238 e. The van der Waals surface area contributed by atoms with Gasteiger partial charge in [0.1, 0.15) is 0 Å². The number of anilines is 1. The molecule has 1 amide bonds. The van der Waals surface area contributed by atoms with Gasteiger partial charge in [0.15, 0.2) is 17.3 Å². The van der Waals surface area contributed by atoms with Gasteiger partial charge >= 0.3 is 0 Å². The number of ether oxygens (including phenoxy) is 2. The smallest absolute Gasteiger partial charge is 0.238 e. The minimum Gasteiger partial charge on any atom is -0.493 e. The maximum absolute atomic E-state index is 12.3. The summed E-state index contributed by atoms with van der Waals surface area (Å²) in [7, 11) is 1.63. The molecule has 0 fully saturated rings. The summed E-state index contributed by atoms with van der Waals surface area (Å²) >= 11 is 1.58. The number of benzene rings is 1. The molecule has 0 saturated heterocycles. The van der Waals surface area contributed by atoms with E-state index in [2.05, 4.69) is 15.5 Å². The van der Waals surface area contributed by atoms with Gasteiger partial charge in [-0.25, -0.2) is 0 Å². The molecular formula is C17H21N3O3S. The number of carbonyl (C=O) groups excluding carboxylic acids is 1. The zero-order chi connectivity index (χ0) is 17.3. The summed E-state index contributed by atoms with van der Waals surface area (Å²) in [5.74, 6) is 1.95. The van der Waals surface area contributed by atoms with Gasteiger partial charge in [-0.15, -0.1) is 11.8 Å². The van der Waals surface area contributed by atoms with Gasteiger partial charge in [0.2, 0.25) is 5.91 Å². The molecule has 2 heterocycles. The maximum atomic E-state index is 12.3. The molecule has 1 aromatic carbocycles. The SMILES string of the molecule is CCOc1c(OC)cccc1C1SC(C)C(=O)Nc2n[nH]c(C)c21. The Labute approximate surface area is 145 Å². The molecule has 0 spiro atoms. The highest BCUT2D eigenvalue weighted by Gasteiger charge is 2.34. The number of para-hydroxylation sites is 1. The summed E-state index contributed by atoms with van der Waals surface area (Å²) in [4.78, 5) is 12.3. The summed E-state index contributed by atoms with van der Waals surface area (Å²) in [5.41, 5.74) is 2.89. The van der Waals surface area contributed by atoms with Crippen LogP contribution in [0.5, 0.6) is 11.5 Å². The molecule has 24 heavy (non-hydrogen) atoms. The zero-order valence-electron chi connectivity index (χ0n) is 14.2. The predicted octanol–water partition coefficient (Wildman–Crippen LogP) is 3.29. The third-order valence-electron chi connectivity index (χ3n) is 4.01. The van der Waals surface area contributed by atoms with Crippen molar-refractivity contribution in [3.8, 4) is 11.5 Å². The van der Waals surface area contributed by atoms with Crippen LogP contribution in [0.15, 0.2) is 18.2 Å². The molecule has 6 nitrogen and oxygen atoms in total. The van der Waals surface area contributed by atoms with Gasteiger partial charge < -0.3 is 14.8 Å². The summed E-state index contributed by atoms with van der Waals surface area (Å²) in [6.07, 6.45) is 0. The van der Waals surface area contributed by atoms with Crippen LogP contribution in [0.2, 0.25) is 0 Å². The van der Waals surface area contributed by atoms with Gasteiger partial charge in [-0.3, -0.25) is 9.89 Å². The fourth-order valence-corrected chi connectivity index (χ4v) is 4.18. The minimum absolute atomic E-state index is 0.0453. The van der Waals surface area contributed by atoms with Gasteiger partial charge in [0.25, 0.3) is 0 Å². The molecule has 0 aliphatic carbocycles. The first-order valence-corrected chi connectivity index (χ1v) is 8.82. The zero-order valence-corrected chi connectivity index (χ0v) is 15.0. The van der Waals surface area contributed by atoms with Crippen molar-refractivity contribution in [3.63, 3.8) is 0 Å². The Morgan fingerprint density at radius 1 is 1.38 bits per heavy atom. The molecule has 1 aliphatic rings. The topological polar surface area (TPSA) is 76.2 Å². The molecule has 7 heteroatoms. The number of H-pyrrole nitrogens is 1. The van der Waals surface area contributed by atoms with E-state index in [4.69, 9.17) is 9.47 Å². The molecule has 2 aromatic rings. The van der Waals surface area contributed by atoms with E-state index in [0.29, 0.717) is 23.9 Å². The Kier molecular flexibility index (Phi) is 4.71. The van der Waals surface area contributed by atoms with Crippen molar-refractivity contribution in [1.29, 1.82) is 0 Å². The van der Waals surface area contributed by atoms with Gasteiger partial charge in [-0.1, -0.05) is 12.1 Å².